The Hall–Kier alpha value is -1.53. The second-order valence-corrected chi connectivity index (χ2v) is 11.8. The van der Waals surface area contributed by atoms with E-state index in [4.69, 9.17) is 9.47 Å². The molecule has 0 amide bonds. The van der Waals surface area contributed by atoms with E-state index >= 15 is 0 Å². The van der Waals surface area contributed by atoms with Gasteiger partial charge in [0.2, 0.25) is 0 Å². The second kappa shape index (κ2) is 10.2. The number of aryl methyl sites for hydroxylation is 1. The van der Waals surface area contributed by atoms with Gasteiger partial charge in [-0.25, -0.2) is 0 Å². The Labute approximate surface area is 184 Å². The van der Waals surface area contributed by atoms with Crippen LogP contribution in [0.5, 0.6) is 11.5 Å². The van der Waals surface area contributed by atoms with Crippen LogP contribution >= 0.6 is 7.92 Å². The number of ether oxygens (including phenoxy) is 2. The van der Waals surface area contributed by atoms with Gasteiger partial charge in [0.1, 0.15) is 11.5 Å². The van der Waals surface area contributed by atoms with E-state index in [2.05, 4.69) is 43.3 Å². The molecule has 0 N–H and O–H groups in total. The SMILES string of the molecule is COc1ccc(C)c(OC)c1-c1ccccc1P(C1CCCCC1)C1CCCCC1. The molecular weight excluding hydrogens is 387 g/mol. The molecule has 0 aromatic heterocycles. The molecular formula is C27H37O2P. The van der Waals surface area contributed by atoms with Crippen molar-refractivity contribution in [2.75, 3.05) is 14.2 Å². The number of hydrogen-bond acceptors (Lipinski definition) is 2. The molecule has 4 rings (SSSR count). The maximum atomic E-state index is 5.93. The van der Waals surface area contributed by atoms with Crippen molar-refractivity contribution in [3.05, 3.63) is 42.0 Å². The molecule has 2 aromatic carbocycles. The summed E-state index contributed by atoms with van der Waals surface area (Å²) in [6.07, 6.45) is 14.2. The largest absolute Gasteiger partial charge is 0.496 e. The summed E-state index contributed by atoms with van der Waals surface area (Å²) in [5.74, 6) is 1.89. The van der Waals surface area contributed by atoms with Gasteiger partial charge < -0.3 is 9.47 Å². The van der Waals surface area contributed by atoms with Crippen LogP contribution in [0.4, 0.5) is 0 Å². The van der Waals surface area contributed by atoms with Gasteiger partial charge in [-0.1, -0.05) is 76.8 Å². The molecule has 2 saturated carbocycles. The van der Waals surface area contributed by atoms with Crippen LogP contribution in [0.3, 0.4) is 0 Å². The molecule has 0 heterocycles. The van der Waals surface area contributed by atoms with E-state index in [1.54, 1.807) is 19.5 Å². The van der Waals surface area contributed by atoms with E-state index in [0.29, 0.717) is 0 Å². The van der Waals surface area contributed by atoms with Crippen LogP contribution < -0.4 is 14.8 Å². The van der Waals surface area contributed by atoms with E-state index in [1.165, 1.54) is 75.3 Å². The van der Waals surface area contributed by atoms with Crippen molar-refractivity contribution in [3.63, 3.8) is 0 Å². The Morgan fingerprint density at radius 1 is 0.733 bits per heavy atom. The zero-order valence-corrected chi connectivity index (χ0v) is 19.8. The van der Waals surface area contributed by atoms with E-state index in [-0.39, 0.29) is 7.92 Å². The summed E-state index contributed by atoms with van der Waals surface area (Å²) in [5, 5.41) is 1.59. The van der Waals surface area contributed by atoms with Gasteiger partial charge in [-0.15, -0.1) is 0 Å². The van der Waals surface area contributed by atoms with E-state index in [9.17, 15) is 0 Å². The highest BCUT2D eigenvalue weighted by Gasteiger charge is 2.34. The van der Waals surface area contributed by atoms with Gasteiger partial charge in [-0.2, -0.15) is 0 Å². The van der Waals surface area contributed by atoms with Crippen LogP contribution in [0.25, 0.3) is 11.1 Å². The zero-order chi connectivity index (χ0) is 20.9. The van der Waals surface area contributed by atoms with Crippen molar-refractivity contribution < 1.29 is 9.47 Å². The Bertz CT molecular complexity index is 817. The first-order valence-electron chi connectivity index (χ1n) is 11.8. The van der Waals surface area contributed by atoms with Gasteiger partial charge in [0.15, 0.2) is 0 Å². The van der Waals surface area contributed by atoms with Gasteiger partial charge in [0, 0.05) is 0 Å². The standard InChI is InChI=1S/C27H37O2P/c1-20-18-19-24(28-2)26(27(20)29-3)23-16-10-11-17-25(23)30(21-12-6-4-7-13-21)22-14-8-5-9-15-22/h10-11,16-19,21-22H,4-9,12-15H2,1-3H3. The number of benzene rings is 2. The molecule has 0 atom stereocenters. The maximum absolute atomic E-state index is 5.93. The smallest absolute Gasteiger partial charge is 0.133 e. The first kappa shape index (κ1) is 21.7. The van der Waals surface area contributed by atoms with Crippen LogP contribution in [-0.4, -0.2) is 25.5 Å². The molecule has 0 aliphatic heterocycles. The average Bonchev–Trinajstić information content (AvgIpc) is 2.81. The van der Waals surface area contributed by atoms with Gasteiger partial charge >= 0.3 is 0 Å². The minimum absolute atomic E-state index is 0.192. The number of rotatable bonds is 6. The summed E-state index contributed by atoms with van der Waals surface area (Å²) in [7, 11) is 3.38. The highest BCUT2D eigenvalue weighted by molar-refractivity contribution is 7.67. The molecule has 2 nitrogen and oxygen atoms in total. The summed E-state index contributed by atoms with van der Waals surface area (Å²) >= 11 is 0. The molecule has 3 heteroatoms. The molecule has 2 aliphatic carbocycles. The van der Waals surface area contributed by atoms with E-state index in [0.717, 1.165) is 28.4 Å². The minimum Gasteiger partial charge on any atom is -0.496 e. The van der Waals surface area contributed by atoms with Crippen LogP contribution in [0.1, 0.15) is 69.8 Å². The van der Waals surface area contributed by atoms with Gasteiger partial charge in [0.05, 0.1) is 19.8 Å². The molecule has 30 heavy (non-hydrogen) atoms. The van der Waals surface area contributed by atoms with E-state index < -0.39 is 0 Å². The maximum Gasteiger partial charge on any atom is 0.133 e. The molecule has 0 saturated heterocycles. The van der Waals surface area contributed by atoms with Crippen molar-refractivity contribution >= 4 is 13.2 Å². The summed E-state index contributed by atoms with van der Waals surface area (Å²) in [4.78, 5) is 0. The lowest BCUT2D eigenvalue weighted by molar-refractivity contribution is 0.395. The Balaban J connectivity index is 1.86. The van der Waals surface area contributed by atoms with Crippen molar-refractivity contribution in [2.24, 2.45) is 0 Å². The summed E-state index contributed by atoms with van der Waals surface area (Å²) < 4.78 is 11.8. The molecule has 0 bridgehead atoms. The van der Waals surface area contributed by atoms with Crippen molar-refractivity contribution in [1.82, 2.24) is 0 Å². The minimum atomic E-state index is -0.192. The van der Waals surface area contributed by atoms with Gasteiger partial charge in [-0.05, 0) is 66.4 Å². The summed E-state index contributed by atoms with van der Waals surface area (Å²) in [6, 6.07) is 13.4. The molecule has 0 spiro atoms. The molecule has 2 aromatic rings. The highest BCUT2D eigenvalue weighted by Crippen LogP contribution is 2.57. The normalized spacial score (nSPS) is 18.5. The highest BCUT2D eigenvalue weighted by atomic mass is 31.1. The quantitative estimate of drug-likeness (QED) is 0.448. The van der Waals surface area contributed by atoms with Crippen LogP contribution in [-0.2, 0) is 0 Å². The molecule has 0 radical (unpaired) electrons. The number of methoxy groups -OCH3 is 2. The average molecular weight is 425 g/mol. The fraction of sp³-hybridized carbons (Fsp3) is 0.556. The predicted molar refractivity (Wildman–Crippen MR) is 130 cm³/mol. The lowest BCUT2D eigenvalue weighted by atomic mass is 9.99. The second-order valence-electron chi connectivity index (χ2n) is 9.00. The first-order chi connectivity index (χ1) is 14.7. The van der Waals surface area contributed by atoms with Crippen molar-refractivity contribution in [3.8, 4) is 22.6 Å². The van der Waals surface area contributed by atoms with Crippen LogP contribution in [0, 0.1) is 6.92 Å². The first-order valence-corrected chi connectivity index (χ1v) is 13.3. The Morgan fingerprint density at radius 3 is 1.90 bits per heavy atom. The predicted octanol–water partition coefficient (Wildman–Crippen LogP) is 7.45. The van der Waals surface area contributed by atoms with Gasteiger partial charge in [0.25, 0.3) is 0 Å². The Kier molecular flexibility index (Phi) is 7.37. The van der Waals surface area contributed by atoms with Crippen molar-refractivity contribution in [1.29, 1.82) is 0 Å². The fourth-order valence-corrected chi connectivity index (χ4v) is 9.63. The molecule has 0 unspecified atom stereocenters. The summed E-state index contributed by atoms with van der Waals surface area (Å²) in [5.41, 5.74) is 5.41. The lowest BCUT2D eigenvalue weighted by Gasteiger charge is -2.39. The third-order valence-electron chi connectivity index (χ3n) is 7.13. The fourth-order valence-electron chi connectivity index (χ4n) is 5.68. The molecule has 2 aliphatic rings. The van der Waals surface area contributed by atoms with Gasteiger partial charge in [-0.3, -0.25) is 0 Å². The topological polar surface area (TPSA) is 18.5 Å². The molecule has 2 fully saturated rings. The monoisotopic (exact) mass is 424 g/mol. The van der Waals surface area contributed by atoms with Crippen LogP contribution in [0.15, 0.2) is 36.4 Å². The lowest BCUT2D eigenvalue weighted by Crippen LogP contribution is -2.27. The third kappa shape index (κ3) is 4.40. The number of hydrogen-bond donors (Lipinski definition) is 0. The third-order valence-corrected chi connectivity index (χ3v) is 10.7. The Morgan fingerprint density at radius 2 is 1.33 bits per heavy atom. The molecule has 162 valence electrons. The van der Waals surface area contributed by atoms with Crippen molar-refractivity contribution in [2.45, 2.75) is 82.4 Å². The zero-order valence-electron chi connectivity index (χ0n) is 19.0. The summed E-state index contributed by atoms with van der Waals surface area (Å²) in [6.45, 7) is 2.13. The van der Waals surface area contributed by atoms with E-state index in [1.807, 2.05) is 0 Å². The van der Waals surface area contributed by atoms with Crippen LogP contribution in [0.2, 0.25) is 0 Å².